The largest absolute Gasteiger partial charge is 0.496 e. The highest BCUT2D eigenvalue weighted by Gasteiger charge is 2.14. The highest BCUT2D eigenvalue weighted by Crippen LogP contribution is 2.22. The van der Waals surface area contributed by atoms with E-state index in [9.17, 15) is 14.0 Å². The van der Waals surface area contributed by atoms with E-state index in [0.29, 0.717) is 12.1 Å². The second kappa shape index (κ2) is 8.99. The fourth-order valence-electron chi connectivity index (χ4n) is 2.78. The number of amides is 1. The number of ether oxygens (including phenoxy) is 1. The van der Waals surface area contributed by atoms with Gasteiger partial charge in [0.1, 0.15) is 11.6 Å². The minimum atomic E-state index is -1.11. The Kier molecular flexibility index (Phi) is 6.72. The van der Waals surface area contributed by atoms with Gasteiger partial charge in [0, 0.05) is 12.1 Å². The number of carbonyl (C=O) groups excluding carboxylic acids is 1. The van der Waals surface area contributed by atoms with Crippen LogP contribution in [-0.2, 0) is 22.4 Å². The Hall–Kier alpha value is -2.89. The van der Waals surface area contributed by atoms with Crippen molar-refractivity contribution in [1.82, 2.24) is 0 Å². The molecular formula is C20H22FNO4. The summed E-state index contributed by atoms with van der Waals surface area (Å²) in [6, 6.07) is 11.7. The summed E-state index contributed by atoms with van der Waals surface area (Å²) in [6.45, 7) is 1.96. The topological polar surface area (TPSA) is 75.6 Å². The van der Waals surface area contributed by atoms with E-state index in [0.717, 1.165) is 17.4 Å². The third-order valence-electron chi connectivity index (χ3n) is 3.97. The number of carbonyl (C=O) groups is 2. The normalized spacial score (nSPS) is 11.7. The van der Waals surface area contributed by atoms with Crippen LogP contribution in [-0.4, -0.2) is 24.1 Å². The molecule has 0 aliphatic carbocycles. The molecular weight excluding hydrogens is 337 g/mol. The molecule has 1 atom stereocenters. The van der Waals surface area contributed by atoms with Gasteiger partial charge in [0.15, 0.2) is 0 Å². The van der Waals surface area contributed by atoms with Crippen molar-refractivity contribution >= 4 is 17.6 Å². The van der Waals surface area contributed by atoms with Gasteiger partial charge in [-0.2, -0.15) is 0 Å². The molecule has 0 saturated heterocycles. The first-order valence-electron chi connectivity index (χ1n) is 8.31. The summed E-state index contributed by atoms with van der Waals surface area (Å²) in [5.41, 5.74) is 1.42. The predicted octanol–water partition coefficient (Wildman–Crippen LogP) is 3.67. The average Bonchev–Trinajstić information content (AvgIpc) is 2.57. The molecule has 0 aliphatic heterocycles. The quantitative estimate of drug-likeness (QED) is 0.754. The van der Waals surface area contributed by atoms with E-state index in [1.165, 1.54) is 12.1 Å². The van der Waals surface area contributed by atoms with E-state index in [2.05, 4.69) is 5.32 Å². The van der Waals surface area contributed by atoms with E-state index in [-0.39, 0.29) is 23.8 Å². The van der Waals surface area contributed by atoms with Crippen molar-refractivity contribution in [2.24, 2.45) is 5.92 Å². The van der Waals surface area contributed by atoms with E-state index in [1.54, 1.807) is 7.11 Å². The van der Waals surface area contributed by atoms with Crippen LogP contribution in [0.15, 0.2) is 42.5 Å². The van der Waals surface area contributed by atoms with Crippen LogP contribution in [0, 0.1) is 11.7 Å². The molecule has 6 heteroatoms. The fraction of sp³-hybridized carbons (Fsp3) is 0.300. The maximum absolute atomic E-state index is 13.9. The Morgan fingerprint density at radius 1 is 1.19 bits per heavy atom. The number of benzene rings is 2. The molecule has 138 valence electrons. The Labute approximate surface area is 151 Å². The maximum Gasteiger partial charge on any atom is 0.307 e. The van der Waals surface area contributed by atoms with Crippen molar-refractivity contribution in [3.05, 3.63) is 59.4 Å². The summed E-state index contributed by atoms with van der Waals surface area (Å²) in [4.78, 5) is 22.8. The number of rotatable bonds is 8. The highest BCUT2D eigenvalue weighted by atomic mass is 19.1. The van der Waals surface area contributed by atoms with Gasteiger partial charge in [-0.15, -0.1) is 0 Å². The van der Waals surface area contributed by atoms with Crippen molar-refractivity contribution in [3.8, 4) is 5.75 Å². The number of methoxy groups -OCH3 is 1. The van der Waals surface area contributed by atoms with Gasteiger partial charge >= 0.3 is 5.97 Å². The summed E-state index contributed by atoms with van der Waals surface area (Å²) in [7, 11) is 1.61. The van der Waals surface area contributed by atoms with Crippen molar-refractivity contribution in [3.63, 3.8) is 0 Å². The van der Waals surface area contributed by atoms with Gasteiger partial charge < -0.3 is 15.2 Å². The molecule has 0 fully saturated rings. The van der Waals surface area contributed by atoms with Crippen LogP contribution in [0.3, 0.4) is 0 Å². The smallest absolute Gasteiger partial charge is 0.307 e. The van der Waals surface area contributed by atoms with Crippen LogP contribution >= 0.6 is 0 Å². The molecule has 5 nitrogen and oxygen atoms in total. The first-order chi connectivity index (χ1) is 12.4. The molecule has 0 heterocycles. The summed E-state index contributed by atoms with van der Waals surface area (Å²) in [6.07, 6.45) is 0.565. The monoisotopic (exact) mass is 359 g/mol. The van der Waals surface area contributed by atoms with Crippen molar-refractivity contribution < 1.29 is 23.8 Å². The van der Waals surface area contributed by atoms with Crippen molar-refractivity contribution in [1.29, 1.82) is 0 Å². The van der Waals surface area contributed by atoms with Gasteiger partial charge in [0.2, 0.25) is 5.91 Å². The van der Waals surface area contributed by atoms with Gasteiger partial charge in [-0.05, 0) is 41.7 Å². The molecule has 0 aliphatic rings. The lowest BCUT2D eigenvalue weighted by molar-refractivity contribution is -0.136. The molecule has 0 radical (unpaired) electrons. The maximum atomic E-state index is 13.9. The van der Waals surface area contributed by atoms with Crippen molar-refractivity contribution in [2.75, 3.05) is 12.4 Å². The number of carboxylic acid groups (broad SMARTS) is 1. The third-order valence-corrected chi connectivity index (χ3v) is 3.97. The molecule has 26 heavy (non-hydrogen) atoms. The number of hydrogen-bond donors (Lipinski definition) is 2. The number of halogens is 1. The van der Waals surface area contributed by atoms with Gasteiger partial charge in [-0.1, -0.05) is 31.2 Å². The number of para-hydroxylation sites is 1. The Bertz CT molecular complexity index is 791. The molecule has 2 aromatic rings. The summed E-state index contributed by atoms with van der Waals surface area (Å²) in [5.74, 6) is -1.12. The van der Waals surface area contributed by atoms with E-state index < -0.39 is 18.2 Å². The Morgan fingerprint density at radius 3 is 2.58 bits per heavy atom. The predicted molar refractivity (Wildman–Crippen MR) is 96.8 cm³/mol. The van der Waals surface area contributed by atoms with Gasteiger partial charge in [-0.3, -0.25) is 9.59 Å². The number of hydrogen-bond acceptors (Lipinski definition) is 3. The first-order valence-corrected chi connectivity index (χ1v) is 8.31. The number of carboxylic acids is 1. The minimum Gasteiger partial charge on any atom is -0.496 e. The molecule has 2 rings (SSSR count). The molecule has 1 unspecified atom stereocenters. The molecule has 1 amide bonds. The molecule has 0 spiro atoms. The SMILES string of the molecule is COc1ccccc1CC(C)CC(=O)Nc1ccc(CC(=O)O)c(F)c1. The third kappa shape index (κ3) is 5.58. The first kappa shape index (κ1) is 19.4. The Morgan fingerprint density at radius 2 is 1.92 bits per heavy atom. The fourth-order valence-corrected chi connectivity index (χ4v) is 2.78. The van der Waals surface area contributed by atoms with E-state index >= 15 is 0 Å². The molecule has 0 bridgehead atoms. The number of anilines is 1. The Balaban J connectivity index is 1.93. The van der Waals surface area contributed by atoms with E-state index in [4.69, 9.17) is 9.84 Å². The van der Waals surface area contributed by atoms with Crippen LogP contribution in [0.4, 0.5) is 10.1 Å². The standard InChI is InChI=1S/C20H22FNO4/c1-13(9-15-5-3-4-6-18(15)26-2)10-19(23)22-16-8-7-14(11-20(24)25)17(21)12-16/h3-8,12-13H,9-11H2,1-2H3,(H,22,23)(H,24,25). The molecule has 0 saturated carbocycles. The zero-order valence-electron chi connectivity index (χ0n) is 14.8. The molecule has 2 aromatic carbocycles. The summed E-state index contributed by atoms with van der Waals surface area (Å²) in [5, 5.41) is 11.4. The molecule has 0 aromatic heterocycles. The van der Waals surface area contributed by atoms with Crippen LogP contribution in [0.5, 0.6) is 5.75 Å². The second-order valence-corrected chi connectivity index (χ2v) is 6.25. The minimum absolute atomic E-state index is 0.0717. The zero-order valence-corrected chi connectivity index (χ0v) is 14.8. The van der Waals surface area contributed by atoms with Crippen molar-refractivity contribution in [2.45, 2.75) is 26.2 Å². The lowest BCUT2D eigenvalue weighted by atomic mass is 9.97. The summed E-state index contributed by atoms with van der Waals surface area (Å²) >= 11 is 0. The number of aliphatic carboxylic acids is 1. The molecule has 2 N–H and O–H groups in total. The van der Waals surface area contributed by atoms with Gasteiger partial charge in [-0.25, -0.2) is 4.39 Å². The van der Waals surface area contributed by atoms with Crippen LogP contribution in [0.2, 0.25) is 0 Å². The highest BCUT2D eigenvalue weighted by molar-refractivity contribution is 5.90. The van der Waals surface area contributed by atoms with Crippen LogP contribution < -0.4 is 10.1 Å². The lowest BCUT2D eigenvalue weighted by Gasteiger charge is -2.14. The summed E-state index contributed by atoms with van der Waals surface area (Å²) < 4.78 is 19.2. The lowest BCUT2D eigenvalue weighted by Crippen LogP contribution is -2.17. The zero-order chi connectivity index (χ0) is 19.1. The van der Waals surface area contributed by atoms with Crippen LogP contribution in [0.1, 0.15) is 24.5 Å². The van der Waals surface area contributed by atoms with Crippen LogP contribution in [0.25, 0.3) is 0 Å². The van der Waals surface area contributed by atoms with E-state index in [1.807, 2.05) is 31.2 Å². The van der Waals surface area contributed by atoms with Gasteiger partial charge in [0.05, 0.1) is 13.5 Å². The average molecular weight is 359 g/mol. The second-order valence-electron chi connectivity index (χ2n) is 6.25. The van der Waals surface area contributed by atoms with Gasteiger partial charge in [0.25, 0.3) is 0 Å². The number of nitrogens with one attached hydrogen (secondary N) is 1.